The molecule has 1 aliphatic heterocycles. The summed E-state index contributed by atoms with van der Waals surface area (Å²) in [7, 11) is 0. The van der Waals surface area contributed by atoms with Crippen LogP contribution in [-0.4, -0.2) is 49.2 Å². The van der Waals surface area contributed by atoms with Gasteiger partial charge in [0.1, 0.15) is 12.7 Å². The minimum Gasteiger partial charge on any atom is -0.486 e. The number of rotatable bonds is 6. The fraction of sp³-hybridized carbons (Fsp3) is 0.611. The SMILES string of the molecule is CCN(CC(=O)NC1CCCC1)CC1COc2ccccc2O1. The fourth-order valence-corrected chi connectivity index (χ4v) is 3.29. The third-order valence-corrected chi connectivity index (χ3v) is 4.56. The van der Waals surface area contributed by atoms with Crippen molar-refractivity contribution in [2.75, 3.05) is 26.2 Å². The van der Waals surface area contributed by atoms with Crippen molar-refractivity contribution in [3.63, 3.8) is 0 Å². The minimum atomic E-state index is -0.0378. The van der Waals surface area contributed by atoms with E-state index in [-0.39, 0.29) is 12.0 Å². The Kier molecular flexibility index (Phi) is 5.39. The van der Waals surface area contributed by atoms with Crippen LogP contribution < -0.4 is 14.8 Å². The van der Waals surface area contributed by atoms with Crippen LogP contribution in [0, 0.1) is 0 Å². The molecule has 2 aliphatic rings. The summed E-state index contributed by atoms with van der Waals surface area (Å²) >= 11 is 0. The quantitative estimate of drug-likeness (QED) is 0.874. The molecule has 5 heteroatoms. The highest BCUT2D eigenvalue weighted by Gasteiger charge is 2.24. The fourth-order valence-electron chi connectivity index (χ4n) is 3.29. The van der Waals surface area contributed by atoms with Gasteiger partial charge < -0.3 is 14.8 Å². The number of likely N-dealkylation sites (N-methyl/N-ethyl adjacent to an activating group) is 1. The number of carbonyl (C=O) groups excluding carboxylic acids is 1. The zero-order chi connectivity index (χ0) is 16.1. The van der Waals surface area contributed by atoms with E-state index in [1.807, 2.05) is 24.3 Å². The Bertz CT molecular complexity index is 529. The van der Waals surface area contributed by atoms with Crippen LogP contribution in [-0.2, 0) is 4.79 Å². The number of nitrogens with one attached hydrogen (secondary N) is 1. The molecule has 23 heavy (non-hydrogen) atoms. The molecular weight excluding hydrogens is 292 g/mol. The predicted molar refractivity (Wildman–Crippen MR) is 88.9 cm³/mol. The number of hydrogen-bond acceptors (Lipinski definition) is 4. The second-order valence-electron chi connectivity index (χ2n) is 6.37. The summed E-state index contributed by atoms with van der Waals surface area (Å²) in [5.74, 6) is 1.71. The molecule has 0 saturated heterocycles. The molecular formula is C18H26N2O3. The lowest BCUT2D eigenvalue weighted by Gasteiger charge is -2.30. The van der Waals surface area contributed by atoms with Crippen molar-refractivity contribution in [3.05, 3.63) is 24.3 Å². The van der Waals surface area contributed by atoms with Crippen molar-refractivity contribution < 1.29 is 14.3 Å². The normalized spacial score (nSPS) is 20.7. The van der Waals surface area contributed by atoms with Gasteiger partial charge in [-0.2, -0.15) is 0 Å². The number of para-hydroxylation sites is 2. The van der Waals surface area contributed by atoms with Crippen LogP contribution in [0.3, 0.4) is 0 Å². The van der Waals surface area contributed by atoms with Gasteiger partial charge in [0.25, 0.3) is 0 Å². The van der Waals surface area contributed by atoms with Crippen molar-refractivity contribution in [3.8, 4) is 11.5 Å². The standard InChI is InChI=1S/C18H26N2O3/c1-2-20(12-18(21)19-14-7-3-4-8-14)11-15-13-22-16-9-5-6-10-17(16)23-15/h5-6,9-10,14-15H,2-4,7-8,11-13H2,1H3,(H,19,21). The smallest absolute Gasteiger partial charge is 0.234 e. The molecule has 1 amide bonds. The zero-order valence-electron chi connectivity index (χ0n) is 13.8. The maximum Gasteiger partial charge on any atom is 0.234 e. The number of hydrogen-bond donors (Lipinski definition) is 1. The Morgan fingerprint density at radius 3 is 2.74 bits per heavy atom. The van der Waals surface area contributed by atoms with Crippen molar-refractivity contribution in [2.24, 2.45) is 0 Å². The molecule has 0 radical (unpaired) electrons. The maximum absolute atomic E-state index is 12.2. The molecule has 1 N–H and O–H groups in total. The molecule has 1 aliphatic carbocycles. The molecule has 1 fully saturated rings. The van der Waals surface area contributed by atoms with E-state index in [1.165, 1.54) is 12.8 Å². The second kappa shape index (κ2) is 7.68. The van der Waals surface area contributed by atoms with Gasteiger partial charge in [0, 0.05) is 12.6 Å². The molecule has 0 bridgehead atoms. The van der Waals surface area contributed by atoms with E-state index < -0.39 is 0 Å². The number of carbonyl (C=O) groups is 1. The van der Waals surface area contributed by atoms with Crippen LogP contribution in [0.4, 0.5) is 0 Å². The monoisotopic (exact) mass is 318 g/mol. The maximum atomic E-state index is 12.2. The lowest BCUT2D eigenvalue weighted by atomic mass is 10.2. The molecule has 3 rings (SSSR count). The molecule has 1 unspecified atom stereocenters. The van der Waals surface area contributed by atoms with E-state index in [9.17, 15) is 4.79 Å². The van der Waals surface area contributed by atoms with Gasteiger partial charge >= 0.3 is 0 Å². The van der Waals surface area contributed by atoms with Crippen LogP contribution >= 0.6 is 0 Å². The molecule has 0 spiro atoms. The molecule has 1 aromatic carbocycles. The Morgan fingerprint density at radius 2 is 2.00 bits per heavy atom. The third-order valence-electron chi connectivity index (χ3n) is 4.56. The highest BCUT2D eigenvalue weighted by molar-refractivity contribution is 5.78. The molecule has 126 valence electrons. The topological polar surface area (TPSA) is 50.8 Å². The third kappa shape index (κ3) is 4.38. The van der Waals surface area contributed by atoms with Crippen LogP contribution in [0.25, 0.3) is 0 Å². The van der Waals surface area contributed by atoms with Crippen molar-refractivity contribution in [1.29, 1.82) is 0 Å². The van der Waals surface area contributed by atoms with Gasteiger partial charge in [0.05, 0.1) is 6.54 Å². The van der Waals surface area contributed by atoms with Gasteiger partial charge in [0.2, 0.25) is 5.91 Å². The Hall–Kier alpha value is -1.75. The number of benzene rings is 1. The Balaban J connectivity index is 1.48. The van der Waals surface area contributed by atoms with Gasteiger partial charge in [-0.3, -0.25) is 9.69 Å². The summed E-state index contributed by atoms with van der Waals surface area (Å²) < 4.78 is 11.7. The minimum absolute atomic E-state index is 0.0378. The van der Waals surface area contributed by atoms with Crippen molar-refractivity contribution >= 4 is 5.91 Å². The molecule has 5 nitrogen and oxygen atoms in total. The number of amides is 1. The van der Waals surface area contributed by atoms with Gasteiger partial charge in [-0.1, -0.05) is 31.9 Å². The van der Waals surface area contributed by atoms with E-state index in [0.29, 0.717) is 25.7 Å². The first-order chi connectivity index (χ1) is 11.2. The second-order valence-corrected chi connectivity index (χ2v) is 6.37. The lowest BCUT2D eigenvalue weighted by molar-refractivity contribution is -0.123. The first kappa shape index (κ1) is 16.1. The molecule has 1 heterocycles. The van der Waals surface area contributed by atoms with Gasteiger partial charge in [0.15, 0.2) is 11.5 Å². The van der Waals surface area contributed by atoms with Crippen LogP contribution in [0.1, 0.15) is 32.6 Å². The summed E-state index contributed by atoms with van der Waals surface area (Å²) in [6.07, 6.45) is 4.66. The van der Waals surface area contributed by atoms with Crippen LogP contribution in [0.2, 0.25) is 0 Å². The summed E-state index contributed by atoms with van der Waals surface area (Å²) in [4.78, 5) is 14.3. The molecule has 1 aromatic rings. The lowest BCUT2D eigenvalue weighted by Crippen LogP contribution is -2.46. The van der Waals surface area contributed by atoms with E-state index in [0.717, 1.165) is 30.9 Å². The average molecular weight is 318 g/mol. The summed E-state index contributed by atoms with van der Waals surface area (Å²) in [5, 5.41) is 3.14. The molecule has 1 atom stereocenters. The molecule has 0 aromatic heterocycles. The van der Waals surface area contributed by atoms with Crippen molar-refractivity contribution in [1.82, 2.24) is 10.2 Å². The highest BCUT2D eigenvalue weighted by atomic mass is 16.6. The van der Waals surface area contributed by atoms with Crippen LogP contribution in [0.5, 0.6) is 11.5 Å². The Morgan fingerprint density at radius 1 is 1.26 bits per heavy atom. The molecule has 1 saturated carbocycles. The van der Waals surface area contributed by atoms with E-state index in [1.54, 1.807) is 0 Å². The first-order valence-corrected chi connectivity index (χ1v) is 8.65. The summed E-state index contributed by atoms with van der Waals surface area (Å²) in [5.41, 5.74) is 0. The first-order valence-electron chi connectivity index (χ1n) is 8.65. The highest BCUT2D eigenvalue weighted by Crippen LogP contribution is 2.30. The van der Waals surface area contributed by atoms with E-state index in [4.69, 9.17) is 9.47 Å². The number of ether oxygens (including phenoxy) is 2. The Labute approximate surface area is 137 Å². The number of nitrogens with zero attached hydrogens (tertiary/aromatic N) is 1. The summed E-state index contributed by atoms with van der Waals surface area (Å²) in [6.45, 7) is 4.54. The van der Waals surface area contributed by atoms with E-state index >= 15 is 0 Å². The van der Waals surface area contributed by atoms with Gasteiger partial charge in [-0.15, -0.1) is 0 Å². The largest absolute Gasteiger partial charge is 0.486 e. The van der Waals surface area contributed by atoms with Gasteiger partial charge in [-0.05, 0) is 31.5 Å². The number of fused-ring (bicyclic) bond motifs is 1. The van der Waals surface area contributed by atoms with Crippen LogP contribution in [0.15, 0.2) is 24.3 Å². The van der Waals surface area contributed by atoms with Crippen molar-refractivity contribution in [2.45, 2.75) is 44.8 Å². The summed E-state index contributed by atoms with van der Waals surface area (Å²) in [6, 6.07) is 8.09. The predicted octanol–water partition coefficient (Wildman–Crippen LogP) is 2.21. The van der Waals surface area contributed by atoms with E-state index in [2.05, 4.69) is 17.1 Å². The average Bonchev–Trinajstić information content (AvgIpc) is 3.07. The zero-order valence-corrected chi connectivity index (χ0v) is 13.8. The van der Waals surface area contributed by atoms with Gasteiger partial charge in [-0.25, -0.2) is 0 Å².